The van der Waals surface area contributed by atoms with Gasteiger partial charge in [0, 0.05) is 7.11 Å². The van der Waals surface area contributed by atoms with Crippen molar-refractivity contribution < 1.29 is 4.74 Å². The first kappa shape index (κ1) is 12.2. The van der Waals surface area contributed by atoms with Crippen molar-refractivity contribution in [2.45, 2.75) is 19.4 Å². The van der Waals surface area contributed by atoms with Crippen LogP contribution in [0.1, 0.15) is 19.4 Å². The van der Waals surface area contributed by atoms with Crippen molar-refractivity contribution >= 4 is 28.6 Å². The van der Waals surface area contributed by atoms with Crippen molar-refractivity contribution in [3.05, 3.63) is 23.2 Å². The zero-order valence-electron chi connectivity index (χ0n) is 9.98. The van der Waals surface area contributed by atoms with Crippen LogP contribution >= 0.6 is 11.6 Å². The number of benzene rings is 1. The lowest BCUT2D eigenvalue weighted by Gasteiger charge is -2.18. The van der Waals surface area contributed by atoms with Gasteiger partial charge >= 0.3 is 0 Å². The van der Waals surface area contributed by atoms with Crippen LogP contribution < -0.4 is 5.73 Å². The third-order valence-electron chi connectivity index (χ3n) is 2.88. The van der Waals surface area contributed by atoms with Crippen LogP contribution in [0.4, 0.5) is 5.95 Å². The van der Waals surface area contributed by atoms with Crippen LogP contribution in [0, 0.1) is 0 Å². The third-order valence-corrected chi connectivity index (χ3v) is 3.19. The first-order valence-corrected chi connectivity index (χ1v) is 5.97. The van der Waals surface area contributed by atoms with Crippen LogP contribution in [0.15, 0.2) is 18.2 Å². The van der Waals surface area contributed by atoms with Crippen molar-refractivity contribution in [2.75, 3.05) is 19.5 Å². The van der Waals surface area contributed by atoms with Crippen molar-refractivity contribution in [1.82, 2.24) is 9.55 Å². The number of methoxy groups -OCH3 is 1. The average molecular weight is 254 g/mol. The number of para-hydroxylation sites is 1. The maximum atomic E-state index is 6.22. The second-order valence-electron chi connectivity index (χ2n) is 3.96. The average Bonchev–Trinajstić information content (AvgIpc) is 2.64. The summed E-state index contributed by atoms with van der Waals surface area (Å²) in [7, 11) is 1.68. The molecular weight excluding hydrogens is 238 g/mol. The number of nitrogens with two attached hydrogens (primary N) is 1. The summed E-state index contributed by atoms with van der Waals surface area (Å²) in [6.07, 6.45) is 0.911. The molecular formula is C12H16ClN3O. The van der Waals surface area contributed by atoms with Gasteiger partial charge in [-0.1, -0.05) is 24.6 Å². The van der Waals surface area contributed by atoms with E-state index in [9.17, 15) is 0 Å². The molecule has 92 valence electrons. The minimum Gasteiger partial charge on any atom is -0.383 e. The fourth-order valence-electron chi connectivity index (χ4n) is 2.06. The maximum absolute atomic E-state index is 6.22. The van der Waals surface area contributed by atoms with Crippen molar-refractivity contribution in [1.29, 1.82) is 0 Å². The fraction of sp³-hybridized carbons (Fsp3) is 0.417. The van der Waals surface area contributed by atoms with Crippen LogP contribution in [0.2, 0.25) is 5.02 Å². The molecule has 1 unspecified atom stereocenters. The second kappa shape index (κ2) is 4.94. The van der Waals surface area contributed by atoms with E-state index >= 15 is 0 Å². The summed E-state index contributed by atoms with van der Waals surface area (Å²) in [6.45, 7) is 2.68. The molecule has 0 aliphatic carbocycles. The third kappa shape index (κ3) is 2.10. The van der Waals surface area contributed by atoms with Crippen LogP contribution in [-0.4, -0.2) is 23.3 Å². The first-order chi connectivity index (χ1) is 8.19. The Morgan fingerprint density at radius 1 is 1.53 bits per heavy atom. The normalized spacial score (nSPS) is 13.1. The van der Waals surface area contributed by atoms with Crippen LogP contribution in [-0.2, 0) is 4.74 Å². The molecule has 2 aromatic rings. The summed E-state index contributed by atoms with van der Waals surface area (Å²) < 4.78 is 7.17. The predicted octanol–water partition coefficient (Wildman–Crippen LogP) is 2.87. The standard InChI is InChI=1S/C12H16ClN3O/c1-3-8(7-17-2)16-11-9(13)5-4-6-10(11)15-12(16)14/h4-6,8H,3,7H2,1-2H3,(H2,14,15). The van der Waals surface area contributed by atoms with Gasteiger partial charge in [-0.3, -0.25) is 0 Å². The molecule has 0 saturated carbocycles. The molecule has 2 N–H and O–H groups in total. The van der Waals surface area contributed by atoms with Crippen molar-refractivity contribution in [3.63, 3.8) is 0 Å². The van der Waals surface area contributed by atoms with E-state index in [1.165, 1.54) is 0 Å². The summed E-state index contributed by atoms with van der Waals surface area (Å²) in [6, 6.07) is 5.79. The molecule has 1 aromatic carbocycles. The number of halogens is 1. The number of anilines is 1. The van der Waals surface area contributed by atoms with Crippen molar-refractivity contribution in [2.24, 2.45) is 0 Å². The number of ether oxygens (including phenoxy) is 1. The number of nitrogens with zero attached hydrogens (tertiary/aromatic N) is 2. The highest BCUT2D eigenvalue weighted by atomic mass is 35.5. The van der Waals surface area contributed by atoms with Gasteiger partial charge in [-0.05, 0) is 18.6 Å². The highest BCUT2D eigenvalue weighted by Gasteiger charge is 2.17. The molecule has 1 atom stereocenters. The molecule has 1 heterocycles. The summed E-state index contributed by atoms with van der Waals surface area (Å²) in [5.74, 6) is 0.483. The summed E-state index contributed by atoms with van der Waals surface area (Å²) >= 11 is 6.22. The van der Waals surface area contributed by atoms with E-state index < -0.39 is 0 Å². The van der Waals surface area contributed by atoms with Gasteiger partial charge in [0.2, 0.25) is 5.95 Å². The largest absolute Gasteiger partial charge is 0.383 e. The minimum atomic E-state index is 0.157. The zero-order valence-corrected chi connectivity index (χ0v) is 10.7. The van der Waals surface area contributed by atoms with Gasteiger partial charge in [-0.15, -0.1) is 0 Å². The summed E-state index contributed by atoms with van der Waals surface area (Å²) in [4.78, 5) is 4.33. The highest BCUT2D eigenvalue weighted by Crippen LogP contribution is 2.30. The molecule has 1 aromatic heterocycles. The Bertz CT molecular complexity index is 524. The van der Waals surface area contributed by atoms with E-state index in [4.69, 9.17) is 22.1 Å². The Morgan fingerprint density at radius 2 is 2.29 bits per heavy atom. The Labute approximate surface area is 105 Å². The summed E-state index contributed by atoms with van der Waals surface area (Å²) in [5.41, 5.74) is 7.68. The van der Waals surface area contributed by atoms with E-state index in [-0.39, 0.29) is 6.04 Å². The number of hydrogen-bond acceptors (Lipinski definition) is 3. The lowest BCUT2D eigenvalue weighted by molar-refractivity contribution is 0.155. The molecule has 0 bridgehead atoms. The van der Waals surface area contributed by atoms with E-state index in [0.717, 1.165) is 17.5 Å². The first-order valence-electron chi connectivity index (χ1n) is 5.59. The molecule has 17 heavy (non-hydrogen) atoms. The van der Waals surface area contributed by atoms with Gasteiger partial charge in [0.1, 0.15) is 0 Å². The smallest absolute Gasteiger partial charge is 0.201 e. The number of imidazole rings is 1. The van der Waals surface area contributed by atoms with E-state index in [2.05, 4.69) is 11.9 Å². The quantitative estimate of drug-likeness (QED) is 0.912. The molecule has 0 fully saturated rings. The Kier molecular flexibility index (Phi) is 3.54. The predicted molar refractivity (Wildman–Crippen MR) is 70.4 cm³/mol. The van der Waals surface area contributed by atoms with Crippen LogP contribution in [0.3, 0.4) is 0 Å². The fourth-order valence-corrected chi connectivity index (χ4v) is 2.32. The Hall–Kier alpha value is -1.26. The minimum absolute atomic E-state index is 0.157. The van der Waals surface area contributed by atoms with Crippen LogP contribution in [0.25, 0.3) is 11.0 Å². The van der Waals surface area contributed by atoms with E-state index in [1.54, 1.807) is 7.11 Å². The molecule has 0 aliphatic rings. The highest BCUT2D eigenvalue weighted by molar-refractivity contribution is 6.35. The molecule has 2 rings (SSSR count). The summed E-state index contributed by atoms with van der Waals surface area (Å²) in [5, 5.41) is 0.668. The van der Waals surface area contributed by atoms with Gasteiger partial charge in [0.25, 0.3) is 0 Å². The van der Waals surface area contributed by atoms with E-state index in [1.807, 2.05) is 22.8 Å². The lowest BCUT2D eigenvalue weighted by atomic mass is 10.2. The monoisotopic (exact) mass is 253 g/mol. The maximum Gasteiger partial charge on any atom is 0.201 e. The molecule has 0 saturated heterocycles. The molecule has 0 amide bonds. The molecule has 5 heteroatoms. The Balaban J connectivity index is 2.62. The SMILES string of the molecule is CCC(COC)n1c(N)nc2cccc(Cl)c21. The number of fused-ring (bicyclic) bond motifs is 1. The van der Waals surface area contributed by atoms with Gasteiger partial charge in [-0.25, -0.2) is 4.98 Å². The number of aromatic nitrogens is 2. The molecule has 0 radical (unpaired) electrons. The topological polar surface area (TPSA) is 53.1 Å². The van der Waals surface area contributed by atoms with E-state index in [0.29, 0.717) is 17.6 Å². The molecule has 4 nitrogen and oxygen atoms in total. The lowest BCUT2D eigenvalue weighted by Crippen LogP contribution is -2.16. The van der Waals surface area contributed by atoms with Gasteiger partial charge in [0.05, 0.1) is 28.7 Å². The second-order valence-corrected chi connectivity index (χ2v) is 4.37. The zero-order chi connectivity index (χ0) is 12.4. The Morgan fingerprint density at radius 3 is 2.94 bits per heavy atom. The van der Waals surface area contributed by atoms with Gasteiger partial charge < -0.3 is 15.0 Å². The number of nitrogen functional groups attached to an aromatic ring is 1. The van der Waals surface area contributed by atoms with Gasteiger partial charge in [0.15, 0.2) is 0 Å². The number of rotatable bonds is 4. The van der Waals surface area contributed by atoms with Crippen LogP contribution in [0.5, 0.6) is 0 Å². The molecule has 0 spiro atoms. The number of hydrogen-bond donors (Lipinski definition) is 1. The van der Waals surface area contributed by atoms with Gasteiger partial charge in [-0.2, -0.15) is 0 Å². The van der Waals surface area contributed by atoms with Crippen molar-refractivity contribution in [3.8, 4) is 0 Å². The molecule has 0 aliphatic heterocycles.